The number of imidazole rings is 1. The van der Waals surface area contributed by atoms with Crippen LogP contribution in [0.25, 0.3) is 60.7 Å². The molecular formula is C34H24N5Pt-3. The first-order valence-corrected chi connectivity index (χ1v) is 13.0. The Balaban J connectivity index is 0.00000264. The van der Waals surface area contributed by atoms with Gasteiger partial charge in [0.15, 0.2) is 0 Å². The molecule has 1 aliphatic rings. The zero-order valence-corrected chi connectivity index (χ0v) is 24.2. The summed E-state index contributed by atoms with van der Waals surface area (Å²) in [7, 11) is 4.11. The molecule has 2 aromatic heterocycles. The molecule has 8 rings (SSSR count). The van der Waals surface area contributed by atoms with Crippen molar-refractivity contribution in [3.63, 3.8) is 0 Å². The average molecular weight is 698 g/mol. The van der Waals surface area contributed by atoms with E-state index < -0.39 is 0 Å². The van der Waals surface area contributed by atoms with Crippen LogP contribution in [0.5, 0.6) is 0 Å². The summed E-state index contributed by atoms with van der Waals surface area (Å²) in [5.41, 5.74) is 7.15. The van der Waals surface area contributed by atoms with Crippen molar-refractivity contribution in [3.05, 3.63) is 122 Å². The average Bonchev–Trinajstić information content (AvgIpc) is 3.65. The van der Waals surface area contributed by atoms with Crippen molar-refractivity contribution in [3.8, 4) is 17.1 Å². The summed E-state index contributed by atoms with van der Waals surface area (Å²) in [6.45, 7) is 2.04. The van der Waals surface area contributed by atoms with Crippen molar-refractivity contribution in [2.24, 2.45) is 7.05 Å². The molecule has 0 amide bonds. The van der Waals surface area contributed by atoms with Crippen LogP contribution in [0, 0.1) is 18.8 Å². The minimum atomic E-state index is 0. The number of nitrogens with zero attached hydrogens (tertiary/aromatic N) is 5. The van der Waals surface area contributed by atoms with Gasteiger partial charge in [-0.2, -0.15) is 12.7 Å². The quantitative estimate of drug-likeness (QED) is 0.180. The molecule has 1 aliphatic heterocycles. The monoisotopic (exact) mass is 697 g/mol. The molecule has 5 aromatic carbocycles. The summed E-state index contributed by atoms with van der Waals surface area (Å²) in [6, 6.07) is 39.4. The molecule has 0 atom stereocenters. The summed E-state index contributed by atoms with van der Waals surface area (Å²) in [4.78, 5) is 9.17. The maximum absolute atomic E-state index is 5.06. The van der Waals surface area contributed by atoms with E-state index in [1.807, 2.05) is 31.0 Å². The van der Waals surface area contributed by atoms with E-state index in [4.69, 9.17) is 4.98 Å². The van der Waals surface area contributed by atoms with E-state index in [-0.39, 0.29) is 21.1 Å². The summed E-state index contributed by atoms with van der Waals surface area (Å²) in [6.07, 6.45) is 4.07. The van der Waals surface area contributed by atoms with E-state index in [2.05, 4.69) is 124 Å². The predicted molar refractivity (Wildman–Crippen MR) is 159 cm³/mol. The Bertz CT molecular complexity index is 2100. The second kappa shape index (κ2) is 9.39. The number of para-hydroxylation sites is 1. The smallest absolute Gasteiger partial charge is 0.0777 e. The number of anilines is 1. The fourth-order valence-electron chi connectivity index (χ4n) is 5.71. The molecule has 0 N–H and O–H groups in total. The summed E-state index contributed by atoms with van der Waals surface area (Å²) < 4.78 is 4.43. The van der Waals surface area contributed by atoms with Crippen LogP contribution in [0.15, 0.2) is 103 Å². The molecule has 0 bridgehead atoms. The van der Waals surface area contributed by atoms with Crippen molar-refractivity contribution in [1.82, 2.24) is 19.0 Å². The maximum Gasteiger partial charge on any atom is 0.0777 e. The van der Waals surface area contributed by atoms with Crippen molar-refractivity contribution in [1.29, 1.82) is 0 Å². The van der Waals surface area contributed by atoms with Gasteiger partial charge in [-0.1, -0.05) is 53.5 Å². The summed E-state index contributed by atoms with van der Waals surface area (Å²) in [5, 5.41) is 4.76. The van der Waals surface area contributed by atoms with Crippen LogP contribution >= 0.6 is 0 Å². The number of fused-ring (bicyclic) bond motifs is 5. The Morgan fingerprint density at radius 1 is 0.700 bits per heavy atom. The van der Waals surface area contributed by atoms with Gasteiger partial charge in [-0.3, -0.25) is 4.98 Å². The predicted octanol–water partition coefficient (Wildman–Crippen LogP) is 7.43. The van der Waals surface area contributed by atoms with Crippen LogP contribution in [0.1, 0.15) is 0 Å². The third-order valence-electron chi connectivity index (χ3n) is 7.63. The Hall–Kier alpha value is -4.34. The van der Waals surface area contributed by atoms with Gasteiger partial charge in [-0.05, 0) is 59.3 Å². The molecule has 0 aliphatic carbocycles. The van der Waals surface area contributed by atoms with Crippen LogP contribution < -0.4 is 4.90 Å². The zero-order valence-electron chi connectivity index (χ0n) is 21.9. The van der Waals surface area contributed by atoms with Crippen molar-refractivity contribution in [2.45, 2.75) is 0 Å². The van der Waals surface area contributed by atoms with Crippen LogP contribution in [-0.4, -0.2) is 26.1 Å². The standard InChI is InChI=1S/C34H24N5.Pt/c1-36-16-17-38(22-36)26-10-7-11-27(21-26)39-31-13-6-5-12-28(31)29-15-14-25(20-32(29)39)34-35-30-18-23-8-3-4-9-24(23)19-33(30)37(34)2;/h3-19,22H,1-2H3;/q-3;. The van der Waals surface area contributed by atoms with E-state index in [0.29, 0.717) is 0 Å². The first kappa shape index (κ1) is 24.7. The third-order valence-corrected chi connectivity index (χ3v) is 7.63. The van der Waals surface area contributed by atoms with Gasteiger partial charge in [0.1, 0.15) is 0 Å². The molecule has 0 radical (unpaired) electrons. The molecule has 6 heteroatoms. The number of aromatic nitrogens is 3. The van der Waals surface area contributed by atoms with Crippen molar-refractivity contribution >= 4 is 49.3 Å². The second-order valence-electron chi connectivity index (χ2n) is 10.1. The minimum Gasteiger partial charge on any atom is -0.510 e. The van der Waals surface area contributed by atoms with Gasteiger partial charge in [0.05, 0.1) is 16.9 Å². The molecule has 0 saturated carbocycles. The van der Waals surface area contributed by atoms with E-state index in [0.717, 1.165) is 50.2 Å². The first-order valence-electron chi connectivity index (χ1n) is 13.0. The molecule has 0 fully saturated rings. The molecule has 0 saturated heterocycles. The fraction of sp³-hybridized carbons (Fsp3) is 0.0588. The maximum atomic E-state index is 5.06. The van der Waals surface area contributed by atoms with Gasteiger partial charge in [0, 0.05) is 33.6 Å². The fourth-order valence-corrected chi connectivity index (χ4v) is 5.71. The minimum absolute atomic E-state index is 0. The number of hydrogen-bond acceptors (Lipinski definition) is 3. The Kier molecular flexibility index (Phi) is 5.80. The molecule has 198 valence electrons. The number of rotatable bonds is 3. The molecule has 5 nitrogen and oxygen atoms in total. The van der Waals surface area contributed by atoms with Crippen LogP contribution in [0.4, 0.5) is 5.69 Å². The Morgan fingerprint density at radius 3 is 2.30 bits per heavy atom. The largest absolute Gasteiger partial charge is 0.510 e. The van der Waals surface area contributed by atoms with Gasteiger partial charge in [0.25, 0.3) is 0 Å². The van der Waals surface area contributed by atoms with E-state index in [1.165, 1.54) is 16.2 Å². The molecular weight excluding hydrogens is 673 g/mol. The number of aryl methyl sites for hydroxylation is 1. The summed E-state index contributed by atoms with van der Waals surface area (Å²) in [5.74, 6) is 0.900. The topological polar surface area (TPSA) is 29.2 Å². The summed E-state index contributed by atoms with van der Waals surface area (Å²) >= 11 is 0. The molecule has 3 heterocycles. The van der Waals surface area contributed by atoms with Gasteiger partial charge in [-0.25, -0.2) is 0 Å². The van der Waals surface area contributed by atoms with Crippen LogP contribution in [0.3, 0.4) is 0 Å². The SMILES string of the molecule is CN1C=CN(c2[c-]c(-n3c4[c-]c(-c5nc6cc7ccccc7cc6n5C)ccc4c4ccccc43)ccc2)[CH-]1.[Pt]. The van der Waals surface area contributed by atoms with Gasteiger partial charge >= 0.3 is 0 Å². The molecule has 0 unspecified atom stereocenters. The Morgan fingerprint density at radius 2 is 1.48 bits per heavy atom. The third kappa shape index (κ3) is 3.76. The van der Waals surface area contributed by atoms with E-state index in [9.17, 15) is 0 Å². The number of hydrogen-bond donors (Lipinski definition) is 0. The van der Waals surface area contributed by atoms with Gasteiger partial charge in [-0.15, -0.1) is 47.6 Å². The van der Waals surface area contributed by atoms with E-state index >= 15 is 0 Å². The normalized spacial score (nSPS) is 13.2. The second-order valence-corrected chi connectivity index (χ2v) is 10.1. The van der Waals surface area contributed by atoms with Gasteiger partial charge < -0.3 is 18.9 Å². The van der Waals surface area contributed by atoms with Crippen LogP contribution in [0.2, 0.25) is 0 Å². The number of benzene rings is 5. The van der Waals surface area contributed by atoms with Gasteiger partial charge in [0.2, 0.25) is 0 Å². The molecule has 7 aromatic rings. The zero-order chi connectivity index (χ0) is 26.1. The Labute approximate surface area is 246 Å². The van der Waals surface area contributed by atoms with Crippen molar-refractivity contribution < 1.29 is 21.1 Å². The molecule has 0 spiro atoms. The molecule has 40 heavy (non-hydrogen) atoms. The van der Waals surface area contributed by atoms with E-state index in [1.54, 1.807) is 0 Å². The van der Waals surface area contributed by atoms with Crippen molar-refractivity contribution in [2.75, 3.05) is 11.9 Å². The first-order chi connectivity index (χ1) is 19.1. The van der Waals surface area contributed by atoms with Crippen LogP contribution in [-0.2, 0) is 28.1 Å².